The summed E-state index contributed by atoms with van der Waals surface area (Å²) in [5, 5.41) is 123. The number of carbonyl (C=O) groups excluding carboxylic acids is 3. The highest BCUT2D eigenvalue weighted by Gasteiger charge is 2.76. The fourth-order valence-corrected chi connectivity index (χ4v) is 17.2. The average molecular weight is 1240 g/mol. The summed E-state index contributed by atoms with van der Waals surface area (Å²) in [5.74, 6) is -5.59. The van der Waals surface area contributed by atoms with Gasteiger partial charge in [-0.1, -0.05) is 91.2 Å². The van der Waals surface area contributed by atoms with Crippen LogP contribution in [0.25, 0.3) is 0 Å². The lowest BCUT2D eigenvalue weighted by atomic mass is 9.32. The number of carboxylic acids is 1. The maximum atomic E-state index is 13.9. The van der Waals surface area contributed by atoms with Crippen LogP contribution in [0.4, 0.5) is 0 Å². The molecule has 26 atom stereocenters. The van der Waals surface area contributed by atoms with Crippen molar-refractivity contribution >= 4 is 23.9 Å². The van der Waals surface area contributed by atoms with Gasteiger partial charge in [0.1, 0.15) is 54.9 Å². The quantitative estimate of drug-likeness (QED) is 0.0308. The standard InChI is InChI=1S/C63H98O24/c1-28(2)15-14-16-30(5)23-39(68)83-51-52(87-54(78)29(3)4)63(27-66)33(24-58(51,7)8)32-17-18-37-60(11)21-20-38(59(9,10)36(60)19-22-61(37,12)62(32,13)49(74)50(63)75)82-57-48(86-56-44(73)42(71)40(69)34(25-64)80-56)46(79-31(6)67)45(47(85-57)53(76)77)84-55-43(72)41(70)35(26-65)81-55/h15,17,23,29,33-38,40-52,55-57,64-66,69-75H,14,16,18-22,24-27H2,1-13H3,(H,76,77)/b30-23+/t33-,34+,35-,36-,37+,38-,40+,41-,42-,43+,44+,45-,46-,47-,48+,49-,50+,51-,52-,55-,56-,57+,60-,61+,62?,63-/m0/s1. The third-order valence-electron chi connectivity index (χ3n) is 22.1. The van der Waals surface area contributed by atoms with E-state index in [9.17, 15) is 75.3 Å². The Labute approximate surface area is 509 Å². The van der Waals surface area contributed by atoms with Crippen molar-refractivity contribution in [2.45, 2.75) is 258 Å². The summed E-state index contributed by atoms with van der Waals surface area (Å²) in [7, 11) is 0. The number of aliphatic hydroxyl groups excluding tert-OH is 10. The van der Waals surface area contributed by atoms with Gasteiger partial charge in [0, 0.05) is 23.8 Å². The van der Waals surface area contributed by atoms with Crippen molar-refractivity contribution in [1.29, 1.82) is 0 Å². The van der Waals surface area contributed by atoms with Crippen LogP contribution < -0.4 is 0 Å². The van der Waals surface area contributed by atoms with E-state index in [1.165, 1.54) is 6.08 Å². The SMILES string of the molecule is CC(=O)O[C@@H]1[C@@H](O[C@@H]2O[C@H](CO)[C@@H](O)[C@H](O)[C@H]2O)[C@H](O[C@H]2CC[C@]3(C)[C@H]4CC=C5[C@@H]6CC(C)(C)[C@@H](OC(=O)/C=C(\C)CCC=C(C)C)[C@H](OC(=O)C(C)C)[C@]6(CO)[C@H](O)[C@H](O)C5(C)[C@]4(C)CC[C@H]3C2(C)C)O[C@H](C(=O)O)[C@H]1O[C@@H]1O[C@@H](CO)[C@H](O)[C@H]1O. The molecule has 24 heteroatoms. The highest BCUT2D eigenvalue weighted by atomic mass is 16.8. The van der Waals surface area contributed by atoms with Gasteiger partial charge in [-0.05, 0) is 106 Å². The number of rotatable bonds is 18. The van der Waals surface area contributed by atoms with E-state index < -0.39 is 205 Å². The molecule has 0 amide bonds. The van der Waals surface area contributed by atoms with Gasteiger partial charge in [0.25, 0.3) is 0 Å². The number of esters is 3. The molecular formula is C63H98O24. The smallest absolute Gasteiger partial charge is 0.335 e. The second-order valence-electron chi connectivity index (χ2n) is 28.7. The molecule has 3 aliphatic heterocycles. The number of ether oxygens (including phenoxy) is 9. The van der Waals surface area contributed by atoms with Crippen LogP contribution in [-0.2, 0) is 61.8 Å². The Kier molecular flexibility index (Phi) is 20.6. The van der Waals surface area contributed by atoms with Crippen molar-refractivity contribution < 1.29 is 118 Å². The molecular weight excluding hydrogens is 1140 g/mol. The minimum absolute atomic E-state index is 0.166. The monoisotopic (exact) mass is 1240 g/mol. The van der Waals surface area contributed by atoms with Crippen LogP contribution in [0.3, 0.4) is 0 Å². The molecule has 4 saturated carbocycles. The van der Waals surface area contributed by atoms with E-state index in [1.54, 1.807) is 13.8 Å². The Morgan fingerprint density at radius 2 is 1.28 bits per heavy atom. The Balaban J connectivity index is 1.13. The second kappa shape index (κ2) is 25.9. The van der Waals surface area contributed by atoms with Crippen LogP contribution in [0, 0.1) is 56.2 Å². The van der Waals surface area contributed by atoms with Crippen molar-refractivity contribution in [1.82, 2.24) is 0 Å². The van der Waals surface area contributed by atoms with Crippen molar-refractivity contribution in [3.63, 3.8) is 0 Å². The molecule has 3 heterocycles. The van der Waals surface area contributed by atoms with E-state index in [-0.39, 0.29) is 18.3 Å². The first kappa shape index (κ1) is 69.4. The molecule has 24 nitrogen and oxygen atoms in total. The van der Waals surface area contributed by atoms with Gasteiger partial charge in [0.05, 0.1) is 49.5 Å². The second-order valence-corrected chi connectivity index (χ2v) is 28.7. The maximum absolute atomic E-state index is 13.9. The first-order chi connectivity index (χ1) is 40.5. The lowest BCUT2D eigenvalue weighted by Crippen LogP contribution is -2.76. The number of aliphatic carboxylic acids is 1. The Morgan fingerprint density at radius 1 is 0.678 bits per heavy atom. The summed E-state index contributed by atoms with van der Waals surface area (Å²) < 4.78 is 55.3. The predicted molar refractivity (Wildman–Crippen MR) is 305 cm³/mol. The van der Waals surface area contributed by atoms with Crippen molar-refractivity contribution in [3.8, 4) is 0 Å². The maximum Gasteiger partial charge on any atom is 0.335 e. The van der Waals surface area contributed by atoms with Gasteiger partial charge in [-0.25, -0.2) is 9.59 Å². The van der Waals surface area contributed by atoms with E-state index in [2.05, 4.69) is 26.0 Å². The molecule has 0 aromatic heterocycles. The van der Waals surface area contributed by atoms with Gasteiger partial charge in [-0.3, -0.25) is 9.59 Å². The number of carbonyl (C=O) groups is 4. The number of hydrogen-bond donors (Lipinski definition) is 11. The topological polar surface area (TPSA) is 374 Å². The van der Waals surface area contributed by atoms with Gasteiger partial charge in [0.15, 0.2) is 43.3 Å². The first-order valence-corrected chi connectivity index (χ1v) is 30.9. The zero-order valence-corrected chi connectivity index (χ0v) is 52.5. The summed E-state index contributed by atoms with van der Waals surface area (Å²) >= 11 is 0. The molecule has 494 valence electrons. The number of aliphatic hydroxyl groups is 10. The molecule has 0 spiro atoms. The van der Waals surface area contributed by atoms with Gasteiger partial charge >= 0.3 is 23.9 Å². The van der Waals surface area contributed by atoms with Gasteiger partial charge < -0.3 is 98.8 Å². The van der Waals surface area contributed by atoms with E-state index in [1.807, 2.05) is 55.4 Å². The Morgan fingerprint density at radius 3 is 1.84 bits per heavy atom. The average Bonchev–Trinajstić information content (AvgIpc) is 0.856. The molecule has 11 N–H and O–H groups in total. The first-order valence-electron chi connectivity index (χ1n) is 30.9. The Hall–Kier alpha value is -3.54. The summed E-state index contributed by atoms with van der Waals surface area (Å²) in [6, 6.07) is 0. The summed E-state index contributed by atoms with van der Waals surface area (Å²) in [6.45, 7) is 22.1. The molecule has 1 unspecified atom stereocenters. The fraction of sp³-hybridized carbons (Fsp3) is 0.841. The lowest BCUT2D eigenvalue weighted by molar-refractivity contribution is -0.383. The summed E-state index contributed by atoms with van der Waals surface area (Å²) in [6.07, 6.45) is -22.4. The van der Waals surface area contributed by atoms with Gasteiger partial charge in [-0.2, -0.15) is 0 Å². The van der Waals surface area contributed by atoms with E-state index in [0.29, 0.717) is 38.5 Å². The molecule has 5 aliphatic carbocycles. The highest BCUT2D eigenvalue weighted by molar-refractivity contribution is 5.83. The third kappa shape index (κ3) is 12.1. The van der Waals surface area contributed by atoms with Crippen LogP contribution in [-0.4, -0.2) is 216 Å². The molecule has 0 bridgehead atoms. The molecule has 8 rings (SSSR count). The molecule has 0 aromatic rings. The van der Waals surface area contributed by atoms with Crippen LogP contribution in [0.1, 0.15) is 141 Å². The lowest BCUT2D eigenvalue weighted by Gasteiger charge is -2.73. The van der Waals surface area contributed by atoms with Gasteiger partial charge in [0.2, 0.25) is 0 Å². The summed E-state index contributed by atoms with van der Waals surface area (Å²) in [5.41, 5.74) is -3.11. The van der Waals surface area contributed by atoms with Crippen molar-refractivity contribution in [3.05, 3.63) is 34.9 Å². The van der Waals surface area contributed by atoms with E-state index in [0.717, 1.165) is 30.1 Å². The van der Waals surface area contributed by atoms with Gasteiger partial charge in [-0.15, -0.1) is 0 Å². The molecule has 7 fully saturated rings. The summed E-state index contributed by atoms with van der Waals surface area (Å²) in [4.78, 5) is 54.2. The van der Waals surface area contributed by atoms with Crippen molar-refractivity contribution in [2.24, 2.45) is 56.2 Å². The number of fused-ring (bicyclic) bond motifs is 7. The minimum Gasteiger partial charge on any atom is -0.479 e. The number of allylic oxidation sites excluding steroid dienone is 4. The van der Waals surface area contributed by atoms with E-state index in [4.69, 9.17) is 42.6 Å². The number of carboxylic acid groups (broad SMARTS) is 1. The largest absolute Gasteiger partial charge is 0.479 e. The van der Waals surface area contributed by atoms with Crippen LogP contribution in [0.5, 0.6) is 0 Å². The highest BCUT2D eigenvalue weighted by Crippen LogP contribution is 2.76. The zero-order chi connectivity index (χ0) is 64.6. The van der Waals surface area contributed by atoms with E-state index >= 15 is 0 Å². The molecule has 0 aromatic carbocycles. The predicted octanol–water partition coefficient (Wildman–Crippen LogP) is 2.25. The molecule has 3 saturated heterocycles. The molecule has 8 aliphatic rings. The Bertz CT molecular complexity index is 2600. The molecule has 87 heavy (non-hydrogen) atoms. The molecule has 0 radical (unpaired) electrons. The van der Waals surface area contributed by atoms with Crippen molar-refractivity contribution in [2.75, 3.05) is 19.8 Å². The number of hydrogen-bond acceptors (Lipinski definition) is 23. The normalized spacial score (nSPS) is 45.7. The fourth-order valence-electron chi connectivity index (χ4n) is 17.2. The van der Waals surface area contributed by atoms with Crippen LogP contribution in [0.15, 0.2) is 34.9 Å². The van der Waals surface area contributed by atoms with Crippen LogP contribution in [0.2, 0.25) is 0 Å². The third-order valence-corrected chi connectivity index (χ3v) is 22.1. The minimum atomic E-state index is -2.09. The zero-order valence-electron chi connectivity index (χ0n) is 52.5. The van der Waals surface area contributed by atoms with Crippen LogP contribution >= 0.6 is 0 Å².